The summed E-state index contributed by atoms with van der Waals surface area (Å²) in [5.74, 6) is 0.569. The number of nitrogens with zero attached hydrogens (tertiary/aromatic N) is 2. The third kappa shape index (κ3) is 4.04. The van der Waals surface area contributed by atoms with Crippen molar-refractivity contribution >= 4 is 16.8 Å². The normalized spacial score (nSPS) is 10.7. The van der Waals surface area contributed by atoms with Gasteiger partial charge in [-0.25, -0.2) is 4.98 Å². The van der Waals surface area contributed by atoms with E-state index in [4.69, 9.17) is 0 Å². The van der Waals surface area contributed by atoms with Crippen molar-refractivity contribution in [1.29, 1.82) is 0 Å². The summed E-state index contributed by atoms with van der Waals surface area (Å²) in [5, 5.41) is 3.41. The Hall–Kier alpha value is -3.02. The third-order valence-electron chi connectivity index (χ3n) is 3.67. The molecule has 3 aromatic rings. The van der Waals surface area contributed by atoms with E-state index in [1.54, 1.807) is 12.3 Å². The van der Waals surface area contributed by atoms with Crippen LogP contribution < -0.4 is 10.9 Å². The minimum atomic E-state index is -0.143. The Labute approximate surface area is 139 Å². The van der Waals surface area contributed by atoms with E-state index in [-0.39, 0.29) is 11.5 Å². The van der Waals surface area contributed by atoms with E-state index in [0.717, 1.165) is 5.69 Å². The summed E-state index contributed by atoms with van der Waals surface area (Å²) < 4.78 is 0. The maximum Gasteiger partial charge on any atom is 0.258 e. The minimum Gasteiger partial charge on any atom is -0.350 e. The van der Waals surface area contributed by atoms with Gasteiger partial charge in [-0.2, -0.15) is 0 Å². The SMILES string of the molecule is O=C(CCCc1nc2ccccc2c(=O)[nH]1)NCc1ccccn1. The number of hydrogen-bond donors (Lipinski definition) is 2. The number of hydrogen-bond acceptors (Lipinski definition) is 4. The molecular formula is C18H18N4O2. The number of para-hydroxylation sites is 1. The lowest BCUT2D eigenvalue weighted by molar-refractivity contribution is -0.121. The fourth-order valence-corrected chi connectivity index (χ4v) is 2.45. The van der Waals surface area contributed by atoms with Crippen LogP contribution in [0, 0.1) is 0 Å². The zero-order chi connectivity index (χ0) is 16.8. The van der Waals surface area contributed by atoms with Crippen molar-refractivity contribution in [3.63, 3.8) is 0 Å². The van der Waals surface area contributed by atoms with Gasteiger partial charge in [0.05, 0.1) is 23.1 Å². The number of fused-ring (bicyclic) bond motifs is 1. The highest BCUT2D eigenvalue weighted by Crippen LogP contribution is 2.07. The molecule has 0 fully saturated rings. The number of amides is 1. The molecule has 2 aromatic heterocycles. The number of rotatable bonds is 6. The first-order valence-electron chi connectivity index (χ1n) is 7.87. The largest absolute Gasteiger partial charge is 0.350 e. The van der Waals surface area contributed by atoms with Crippen LogP contribution in [0.15, 0.2) is 53.5 Å². The van der Waals surface area contributed by atoms with Crippen LogP contribution in [0.4, 0.5) is 0 Å². The van der Waals surface area contributed by atoms with Gasteiger partial charge in [-0.05, 0) is 30.7 Å². The van der Waals surface area contributed by atoms with E-state index in [9.17, 15) is 9.59 Å². The van der Waals surface area contributed by atoms with Crippen LogP contribution in [0.25, 0.3) is 10.9 Å². The van der Waals surface area contributed by atoms with E-state index >= 15 is 0 Å². The van der Waals surface area contributed by atoms with Crippen molar-refractivity contribution in [2.75, 3.05) is 0 Å². The Morgan fingerprint density at radius 3 is 2.79 bits per heavy atom. The number of aryl methyl sites for hydroxylation is 1. The lowest BCUT2D eigenvalue weighted by Crippen LogP contribution is -2.23. The highest BCUT2D eigenvalue weighted by atomic mass is 16.1. The molecule has 1 aromatic carbocycles. The average molecular weight is 322 g/mol. The van der Waals surface area contributed by atoms with Crippen LogP contribution in [0.2, 0.25) is 0 Å². The van der Waals surface area contributed by atoms with E-state index in [1.807, 2.05) is 36.4 Å². The molecule has 6 heteroatoms. The molecular weight excluding hydrogens is 304 g/mol. The number of carbonyl (C=O) groups is 1. The molecule has 0 saturated heterocycles. The number of carbonyl (C=O) groups excluding carboxylic acids is 1. The quantitative estimate of drug-likeness (QED) is 0.726. The molecule has 0 spiro atoms. The Bertz CT molecular complexity index is 890. The van der Waals surface area contributed by atoms with Gasteiger partial charge in [0.2, 0.25) is 5.91 Å². The van der Waals surface area contributed by atoms with Crippen molar-refractivity contribution in [3.8, 4) is 0 Å². The van der Waals surface area contributed by atoms with Crippen molar-refractivity contribution < 1.29 is 4.79 Å². The van der Waals surface area contributed by atoms with Crippen molar-refractivity contribution in [2.45, 2.75) is 25.8 Å². The predicted octanol–water partition coefficient (Wildman–Crippen LogP) is 1.96. The number of H-pyrrole nitrogens is 1. The number of aromatic amines is 1. The first kappa shape index (κ1) is 15.9. The van der Waals surface area contributed by atoms with Gasteiger partial charge in [0.15, 0.2) is 0 Å². The molecule has 6 nitrogen and oxygen atoms in total. The lowest BCUT2D eigenvalue weighted by Gasteiger charge is -2.05. The van der Waals surface area contributed by atoms with Crippen molar-refractivity contribution in [3.05, 3.63) is 70.5 Å². The number of nitrogens with one attached hydrogen (secondary N) is 2. The highest BCUT2D eigenvalue weighted by Gasteiger charge is 2.06. The van der Waals surface area contributed by atoms with Crippen LogP contribution in [0.3, 0.4) is 0 Å². The van der Waals surface area contributed by atoms with Crippen LogP contribution in [-0.4, -0.2) is 20.9 Å². The standard InChI is InChI=1S/C18H18N4O2/c23-17(20-12-13-6-3-4-11-19-13)10-5-9-16-21-15-8-2-1-7-14(15)18(24)22-16/h1-4,6-8,11H,5,9-10,12H2,(H,20,23)(H,21,22,24). The molecule has 122 valence electrons. The van der Waals surface area contributed by atoms with Gasteiger partial charge in [-0.15, -0.1) is 0 Å². The Morgan fingerprint density at radius 2 is 1.96 bits per heavy atom. The molecule has 0 bridgehead atoms. The molecule has 0 aliphatic rings. The van der Waals surface area contributed by atoms with Gasteiger partial charge in [0.25, 0.3) is 5.56 Å². The van der Waals surface area contributed by atoms with E-state index in [1.165, 1.54) is 0 Å². The van der Waals surface area contributed by atoms with Crippen LogP contribution >= 0.6 is 0 Å². The Balaban J connectivity index is 1.51. The molecule has 3 rings (SSSR count). The number of aromatic nitrogens is 3. The molecule has 0 atom stereocenters. The van der Waals surface area contributed by atoms with Gasteiger partial charge < -0.3 is 10.3 Å². The van der Waals surface area contributed by atoms with Gasteiger partial charge in [0.1, 0.15) is 5.82 Å². The summed E-state index contributed by atoms with van der Waals surface area (Å²) in [7, 11) is 0. The fraction of sp³-hybridized carbons (Fsp3) is 0.222. The molecule has 0 aliphatic carbocycles. The Morgan fingerprint density at radius 1 is 1.12 bits per heavy atom. The van der Waals surface area contributed by atoms with Gasteiger partial charge in [0, 0.05) is 19.0 Å². The molecule has 0 aliphatic heterocycles. The second-order valence-electron chi connectivity index (χ2n) is 5.48. The van der Waals surface area contributed by atoms with Crippen molar-refractivity contribution in [1.82, 2.24) is 20.3 Å². The summed E-state index contributed by atoms with van der Waals surface area (Å²) >= 11 is 0. The fourth-order valence-electron chi connectivity index (χ4n) is 2.45. The number of benzene rings is 1. The smallest absolute Gasteiger partial charge is 0.258 e. The molecule has 2 N–H and O–H groups in total. The maximum atomic E-state index is 12.0. The predicted molar refractivity (Wildman–Crippen MR) is 91.4 cm³/mol. The molecule has 0 radical (unpaired) electrons. The average Bonchev–Trinajstić information content (AvgIpc) is 2.61. The van der Waals surface area contributed by atoms with Gasteiger partial charge >= 0.3 is 0 Å². The molecule has 0 saturated carbocycles. The summed E-state index contributed by atoms with van der Waals surface area (Å²) in [6.07, 6.45) is 3.25. The van der Waals surface area contributed by atoms with E-state index in [0.29, 0.717) is 42.5 Å². The molecule has 1 amide bonds. The first-order valence-corrected chi connectivity index (χ1v) is 7.87. The lowest BCUT2D eigenvalue weighted by atomic mass is 10.2. The van der Waals surface area contributed by atoms with Gasteiger partial charge in [-0.3, -0.25) is 14.6 Å². The van der Waals surface area contributed by atoms with Gasteiger partial charge in [-0.1, -0.05) is 18.2 Å². The zero-order valence-corrected chi connectivity index (χ0v) is 13.2. The Kier molecular flexibility index (Phi) is 4.96. The van der Waals surface area contributed by atoms with Crippen LogP contribution in [0.5, 0.6) is 0 Å². The maximum absolute atomic E-state index is 12.0. The molecule has 2 heterocycles. The second-order valence-corrected chi connectivity index (χ2v) is 5.48. The monoisotopic (exact) mass is 322 g/mol. The number of pyridine rings is 1. The highest BCUT2D eigenvalue weighted by molar-refractivity contribution is 5.77. The van der Waals surface area contributed by atoms with Crippen molar-refractivity contribution in [2.24, 2.45) is 0 Å². The summed E-state index contributed by atoms with van der Waals surface area (Å²) in [6, 6.07) is 12.8. The summed E-state index contributed by atoms with van der Waals surface area (Å²) in [4.78, 5) is 35.2. The van der Waals surface area contributed by atoms with Crippen LogP contribution in [0.1, 0.15) is 24.4 Å². The summed E-state index contributed by atoms with van der Waals surface area (Å²) in [6.45, 7) is 0.421. The third-order valence-corrected chi connectivity index (χ3v) is 3.67. The second kappa shape index (κ2) is 7.50. The molecule has 24 heavy (non-hydrogen) atoms. The van der Waals surface area contributed by atoms with E-state index in [2.05, 4.69) is 20.3 Å². The minimum absolute atomic E-state index is 0.0382. The topological polar surface area (TPSA) is 87.7 Å². The van der Waals surface area contributed by atoms with E-state index < -0.39 is 0 Å². The zero-order valence-electron chi connectivity index (χ0n) is 13.2. The first-order chi connectivity index (χ1) is 11.7. The molecule has 0 unspecified atom stereocenters. The summed E-state index contributed by atoms with van der Waals surface area (Å²) in [5.41, 5.74) is 1.36. The van der Waals surface area contributed by atoms with Crippen LogP contribution in [-0.2, 0) is 17.8 Å².